The van der Waals surface area contributed by atoms with Gasteiger partial charge in [-0.05, 0) is 18.2 Å². The van der Waals surface area contributed by atoms with Crippen molar-refractivity contribution in [2.45, 2.75) is 6.18 Å². The summed E-state index contributed by atoms with van der Waals surface area (Å²) >= 11 is 5.53. The number of carboxylic acids is 1. The van der Waals surface area contributed by atoms with Gasteiger partial charge in [0.2, 0.25) is 0 Å². The molecule has 0 aliphatic heterocycles. The lowest BCUT2D eigenvalue weighted by Crippen LogP contribution is -2.42. The summed E-state index contributed by atoms with van der Waals surface area (Å²) in [5.74, 6) is -4.13. The number of halogens is 5. The molecule has 0 aromatic heterocycles. The van der Waals surface area contributed by atoms with Crippen molar-refractivity contribution in [3.8, 4) is 0 Å². The molecule has 0 aliphatic rings. The van der Waals surface area contributed by atoms with Gasteiger partial charge >= 0.3 is 12.1 Å². The van der Waals surface area contributed by atoms with E-state index in [1.807, 2.05) is 0 Å². The van der Waals surface area contributed by atoms with Crippen molar-refractivity contribution >= 4 is 23.5 Å². The van der Waals surface area contributed by atoms with Gasteiger partial charge in [0.15, 0.2) is 0 Å². The molecule has 1 amide bonds. The average Bonchev–Trinajstić information content (AvgIpc) is 2.28. The van der Waals surface area contributed by atoms with Crippen LogP contribution in [0.4, 0.5) is 17.6 Å². The van der Waals surface area contributed by atoms with Crippen LogP contribution in [0.1, 0.15) is 10.4 Å². The number of carboxylic acid groups (broad SMARTS) is 1. The number of benzene rings is 1. The molecule has 9 heteroatoms. The van der Waals surface area contributed by atoms with Crippen LogP contribution in [0.5, 0.6) is 0 Å². The van der Waals surface area contributed by atoms with E-state index in [1.165, 1.54) is 0 Å². The molecule has 4 nitrogen and oxygen atoms in total. The lowest BCUT2D eigenvalue weighted by atomic mass is 10.2. The van der Waals surface area contributed by atoms with E-state index in [1.54, 1.807) is 0 Å². The largest absolute Gasteiger partial charge is 0.480 e. The predicted molar refractivity (Wildman–Crippen MR) is 61.0 cm³/mol. The van der Waals surface area contributed by atoms with E-state index >= 15 is 0 Å². The Bertz CT molecular complexity index is 533. The summed E-state index contributed by atoms with van der Waals surface area (Å²) in [7, 11) is 0. The molecular formula is C11H8ClF4NO3. The van der Waals surface area contributed by atoms with Crippen LogP contribution in [0.3, 0.4) is 0 Å². The molecule has 0 unspecified atom stereocenters. The summed E-state index contributed by atoms with van der Waals surface area (Å²) < 4.78 is 50.3. The number of carbonyl (C=O) groups excluding carboxylic acids is 1. The second-order valence-corrected chi connectivity index (χ2v) is 4.23. The first-order valence-corrected chi connectivity index (χ1v) is 5.51. The molecule has 0 radical (unpaired) electrons. The van der Waals surface area contributed by atoms with Crippen LogP contribution in [0, 0.1) is 5.82 Å². The highest BCUT2D eigenvalue weighted by Gasteiger charge is 2.35. The highest BCUT2D eigenvalue weighted by Crippen LogP contribution is 2.21. The van der Waals surface area contributed by atoms with Gasteiger partial charge in [0.05, 0.1) is 5.56 Å². The molecule has 0 bridgehead atoms. The van der Waals surface area contributed by atoms with E-state index in [4.69, 9.17) is 16.7 Å². The Balaban J connectivity index is 3.09. The average molecular weight is 314 g/mol. The molecule has 1 aromatic carbocycles. The molecule has 0 fully saturated rings. The number of alkyl halides is 3. The SMILES string of the molecule is O=C(O)CN(CC(F)(F)F)C(=O)c1cc(Cl)ccc1F. The first-order chi connectivity index (χ1) is 9.10. The fourth-order valence-electron chi connectivity index (χ4n) is 1.41. The lowest BCUT2D eigenvalue weighted by molar-refractivity contribution is -0.149. The van der Waals surface area contributed by atoms with Crippen LogP contribution in [0.2, 0.25) is 5.02 Å². The number of aliphatic carboxylic acids is 1. The van der Waals surface area contributed by atoms with E-state index < -0.39 is 42.5 Å². The highest BCUT2D eigenvalue weighted by atomic mass is 35.5. The van der Waals surface area contributed by atoms with Crippen molar-refractivity contribution in [3.05, 3.63) is 34.6 Å². The maximum absolute atomic E-state index is 13.4. The second kappa shape index (κ2) is 6.08. The molecule has 0 atom stereocenters. The van der Waals surface area contributed by atoms with Crippen LogP contribution in [-0.4, -0.2) is 41.1 Å². The minimum atomic E-state index is -4.81. The number of nitrogens with zero attached hydrogens (tertiary/aromatic N) is 1. The van der Waals surface area contributed by atoms with Gasteiger partial charge < -0.3 is 10.0 Å². The van der Waals surface area contributed by atoms with Gasteiger partial charge in [-0.2, -0.15) is 13.2 Å². The summed E-state index contributed by atoms with van der Waals surface area (Å²) in [5, 5.41) is 8.46. The number of carbonyl (C=O) groups is 2. The van der Waals surface area contributed by atoms with Gasteiger partial charge in [0.1, 0.15) is 18.9 Å². The normalized spacial score (nSPS) is 11.2. The van der Waals surface area contributed by atoms with Crippen molar-refractivity contribution in [1.29, 1.82) is 0 Å². The zero-order chi connectivity index (χ0) is 15.5. The van der Waals surface area contributed by atoms with Gasteiger partial charge in [0, 0.05) is 5.02 Å². The molecule has 1 rings (SSSR count). The second-order valence-electron chi connectivity index (χ2n) is 3.79. The monoisotopic (exact) mass is 313 g/mol. The van der Waals surface area contributed by atoms with Gasteiger partial charge in [-0.15, -0.1) is 0 Å². The van der Waals surface area contributed by atoms with Crippen molar-refractivity contribution in [2.75, 3.05) is 13.1 Å². The summed E-state index contributed by atoms with van der Waals surface area (Å²) in [5.41, 5.74) is -0.719. The third-order valence-electron chi connectivity index (χ3n) is 2.14. The molecule has 110 valence electrons. The fraction of sp³-hybridized carbons (Fsp3) is 0.273. The Kier molecular flexibility index (Phi) is 4.93. The van der Waals surface area contributed by atoms with Crippen LogP contribution < -0.4 is 0 Å². The zero-order valence-corrected chi connectivity index (χ0v) is 10.5. The smallest absolute Gasteiger partial charge is 0.406 e. The Morgan fingerprint density at radius 1 is 1.30 bits per heavy atom. The number of hydrogen-bond donors (Lipinski definition) is 1. The first-order valence-electron chi connectivity index (χ1n) is 5.13. The standard InChI is InChI=1S/C11H8ClF4NO3/c12-6-1-2-8(13)7(3-6)10(20)17(4-9(18)19)5-11(14,15)16/h1-3H,4-5H2,(H,18,19). The molecule has 0 saturated heterocycles. The molecule has 20 heavy (non-hydrogen) atoms. The predicted octanol–water partition coefficient (Wildman–Crippen LogP) is 2.57. The van der Waals surface area contributed by atoms with Crippen LogP contribution in [0.15, 0.2) is 18.2 Å². The lowest BCUT2D eigenvalue weighted by Gasteiger charge is -2.22. The Morgan fingerprint density at radius 2 is 1.90 bits per heavy atom. The summed E-state index contributed by atoms with van der Waals surface area (Å²) in [6, 6.07) is 2.76. The third kappa shape index (κ3) is 4.69. The quantitative estimate of drug-likeness (QED) is 0.869. The topological polar surface area (TPSA) is 57.6 Å². The van der Waals surface area contributed by atoms with E-state index in [-0.39, 0.29) is 9.92 Å². The zero-order valence-electron chi connectivity index (χ0n) is 9.75. The van der Waals surface area contributed by atoms with Gasteiger partial charge in [-0.3, -0.25) is 9.59 Å². The maximum Gasteiger partial charge on any atom is 0.406 e. The minimum Gasteiger partial charge on any atom is -0.480 e. The Morgan fingerprint density at radius 3 is 2.40 bits per heavy atom. The van der Waals surface area contributed by atoms with Crippen molar-refractivity contribution in [1.82, 2.24) is 4.90 Å². The molecule has 0 heterocycles. The Hall–Kier alpha value is -1.83. The van der Waals surface area contributed by atoms with Crippen molar-refractivity contribution < 1.29 is 32.3 Å². The van der Waals surface area contributed by atoms with Crippen LogP contribution >= 0.6 is 11.6 Å². The van der Waals surface area contributed by atoms with Gasteiger partial charge in [-0.25, -0.2) is 4.39 Å². The first kappa shape index (κ1) is 16.2. The Labute approximate surface area is 115 Å². The van der Waals surface area contributed by atoms with Crippen molar-refractivity contribution in [2.24, 2.45) is 0 Å². The van der Waals surface area contributed by atoms with E-state index in [9.17, 15) is 27.2 Å². The minimum absolute atomic E-state index is 0.0168. The van der Waals surface area contributed by atoms with Gasteiger partial charge in [-0.1, -0.05) is 11.6 Å². The molecular weight excluding hydrogens is 306 g/mol. The third-order valence-corrected chi connectivity index (χ3v) is 2.38. The summed E-state index contributed by atoms with van der Waals surface area (Å²) in [6.45, 7) is -3.01. The molecule has 0 spiro atoms. The maximum atomic E-state index is 13.4. The van der Waals surface area contributed by atoms with Crippen molar-refractivity contribution in [3.63, 3.8) is 0 Å². The number of amides is 1. The van der Waals surface area contributed by atoms with Gasteiger partial charge in [0.25, 0.3) is 5.91 Å². The fourth-order valence-corrected chi connectivity index (χ4v) is 1.58. The van der Waals surface area contributed by atoms with E-state index in [0.29, 0.717) is 0 Å². The van der Waals surface area contributed by atoms with Crippen LogP contribution in [-0.2, 0) is 4.79 Å². The number of rotatable bonds is 4. The summed E-state index contributed by atoms with van der Waals surface area (Å²) in [4.78, 5) is 22.3. The number of hydrogen-bond acceptors (Lipinski definition) is 2. The summed E-state index contributed by atoms with van der Waals surface area (Å²) in [6.07, 6.45) is -4.81. The molecule has 1 N–H and O–H groups in total. The molecule has 0 aliphatic carbocycles. The van der Waals surface area contributed by atoms with Crippen LogP contribution in [0.25, 0.3) is 0 Å². The molecule has 0 saturated carbocycles. The highest BCUT2D eigenvalue weighted by molar-refractivity contribution is 6.31. The van der Waals surface area contributed by atoms with E-state index in [2.05, 4.69) is 0 Å². The van der Waals surface area contributed by atoms with E-state index in [0.717, 1.165) is 18.2 Å². The molecule has 1 aromatic rings.